The van der Waals surface area contributed by atoms with E-state index in [1.165, 1.54) is 12.0 Å². The molecule has 1 N–H and O–H groups in total. The Bertz CT molecular complexity index is 422. The summed E-state index contributed by atoms with van der Waals surface area (Å²) in [5.74, 6) is 0.913. The lowest BCUT2D eigenvalue weighted by atomic mass is 10.1. The molecule has 0 fully saturated rings. The summed E-state index contributed by atoms with van der Waals surface area (Å²) in [6.07, 6.45) is 6.18. The van der Waals surface area contributed by atoms with E-state index in [1.54, 1.807) is 13.3 Å². The maximum Gasteiger partial charge on any atom is 0.118 e. The van der Waals surface area contributed by atoms with Crippen LogP contribution in [0, 0.1) is 0 Å². The first kappa shape index (κ1) is 11.6. The van der Waals surface area contributed by atoms with Crippen LogP contribution < -0.4 is 4.74 Å². The average molecular weight is 231 g/mol. The Kier molecular flexibility index (Phi) is 4.13. The third-order valence-corrected chi connectivity index (χ3v) is 2.77. The molecule has 0 amide bonds. The molecule has 0 aliphatic rings. The van der Waals surface area contributed by atoms with E-state index in [0.717, 1.165) is 30.7 Å². The third kappa shape index (κ3) is 3.59. The van der Waals surface area contributed by atoms with Gasteiger partial charge in [-0.15, -0.1) is 0 Å². The molecule has 0 aliphatic heterocycles. The van der Waals surface area contributed by atoms with Crippen LogP contribution in [0.5, 0.6) is 5.75 Å². The lowest BCUT2D eigenvalue weighted by Crippen LogP contribution is -1.90. The topological polar surface area (TPSA) is 50.8 Å². The summed E-state index contributed by atoms with van der Waals surface area (Å²) in [7, 11) is 1.69. The van der Waals surface area contributed by atoms with Crippen molar-refractivity contribution in [3.63, 3.8) is 0 Å². The van der Waals surface area contributed by atoms with Gasteiger partial charge in [-0.05, 0) is 43.4 Å². The van der Waals surface area contributed by atoms with E-state index in [2.05, 4.69) is 27.5 Å². The second-order valence-electron chi connectivity index (χ2n) is 4.02. The van der Waals surface area contributed by atoms with E-state index in [4.69, 9.17) is 4.74 Å². The fourth-order valence-electron chi connectivity index (χ4n) is 1.77. The molecule has 0 radical (unpaired) electrons. The van der Waals surface area contributed by atoms with Crippen LogP contribution in [0.2, 0.25) is 0 Å². The summed E-state index contributed by atoms with van der Waals surface area (Å²) >= 11 is 0. The van der Waals surface area contributed by atoms with E-state index in [9.17, 15) is 0 Å². The molecule has 4 heteroatoms. The zero-order valence-electron chi connectivity index (χ0n) is 10.0. The number of aryl methyl sites for hydroxylation is 2. The highest BCUT2D eigenvalue weighted by Gasteiger charge is 1.98. The molecule has 0 spiro atoms. The van der Waals surface area contributed by atoms with E-state index in [1.807, 2.05) is 12.1 Å². The van der Waals surface area contributed by atoms with Gasteiger partial charge in [-0.1, -0.05) is 12.1 Å². The molecule has 4 nitrogen and oxygen atoms in total. The zero-order valence-corrected chi connectivity index (χ0v) is 10.0. The molecule has 1 aromatic heterocycles. The van der Waals surface area contributed by atoms with Crippen LogP contribution in [0.1, 0.15) is 24.1 Å². The minimum Gasteiger partial charge on any atom is -0.497 e. The summed E-state index contributed by atoms with van der Waals surface area (Å²) in [6, 6.07) is 8.25. The van der Waals surface area contributed by atoms with Crippen molar-refractivity contribution in [2.45, 2.75) is 25.7 Å². The van der Waals surface area contributed by atoms with Crippen molar-refractivity contribution in [1.29, 1.82) is 0 Å². The van der Waals surface area contributed by atoms with E-state index >= 15 is 0 Å². The zero-order chi connectivity index (χ0) is 11.9. The van der Waals surface area contributed by atoms with Gasteiger partial charge in [0.25, 0.3) is 0 Å². The number of hydrogen-bond donors (Lipinski definition) is 1. The van der Waals surface area contributed by atoms with E-state index in [0.29, 0.717) is 0 Å². The minimum absolute atomic E-state index is 0.913. The van der Waals surface area contributed by atoms with Crippen LogP contribution in [0.3, 0.4) is 0 Å². The van der Waals surface area contributed by atoms with Gasteiger partial charge in [-0.3, -0.25) is 0 Å². The Labute approximate surface area is 101 Å². The lowest BCUT2D eigenvalue weighted by molar-refractivity contribution is 0.414. The van der Waals surface area contributed by atoms with E-state index < -0.39 is 0 Å². The Morgan fingerprint density at radius 3 is 2.53 bits per heavy atom. The molecule has 90 valence electrons. The first-order valence-electron chi connectivity index (χ1n) is 5.86. The predicted octanol–water partition coefficient (Wildman–Crippen LogP) is 2.38. The van der Waals surface area contributed by atoms with Crippen molar-refractivity contribution >= 4 is 0 Å². The van der Waals surface area contributed by atoms with Crippen LogP contribution >= 0.6 is 0 Å². The molecule has 1 aromatic carbocycles. The van der Waals surface area contributed by atoms with Crippen LogP contribution in [-0.2, 0) is 12.8 Å². The molecular formula is C13H17N3O. The number of aromatic nitrogens is 3. The minimum atomic E-state index is 0.913. The van der Waals surface area contributed by atoms with Gasteiger partial charge in [0.15, 0.2) is 0 Å². The fraction of sp³-hybridized carbons (Fsp3) is 0.385. The van der Waals surface area contributed by atoms with Crippen molar-refractivity contribution in [3.8, 4) is 5.75 Å². The van der Waals surface area contributed by atoms with Crippen molar-refractivity contribution in [3.05, 3.63) is 41.7 Å². The molecule has 1 heterocycles. The molecular weight excluding hydrogens is 214 g/mol. The quantitative estimate of drug-likeness (QED) is 0.776. The van der Waals surface area contributed by atoms with Gasteiger partial charge in [0.2, 0.25) is 0 Å². The summed E-state index contributed by atoms with van der Waals surface area (Å²) < 4.78 is 5.13. The number of unbranched alkanes of at least 4 members (excludes halogenated alkanes) is 1. The number of benzene rings is 1. The Morgan fingerprint density at radius 2 is 1.88 bits per heavy atom. The highest BCUT2D eigenvalue weighted by molar-refractivity contribution is 5.27. The SMILES string of the molecule is COc1ccc(CCCCc2cn[nH]n2)cc1. The number of aromatic amines is 1. The number of hydrogen-bond acceptors (Lipinski definition) is 3. The number of methoxy groups -OCH3 is 1. The summed E-state index contributed by atoms with van der Waals surface area (Å²) in [5.41, 5.74) is 2.39. The van der Waals surface area contributed by atoms with Crippen LogP contribution in [0.15, 0.2) is 30.5 Å². The Morgan fingerprint density at radius 1 is 1.12 bits per heavy atom. The number of nitrogens with zero attached hydrogens (tertiary/aromatic N) is 2. The summed E-state index contributed by atoms with van der Waals surface area (Å²) in [5, 5.41) is 10.4. The van der Waals surface area contributed by atoms with E-state index in [-0.39, 0.29) is 0 Å². The van der Waals surface area contributed by atoms with Crippen LogP contribution in [-0.4, -0.2) is 22.5 Å². The molecule has 0 bridgehead atoms. The molecule has 0 atom stereocenters. The monoisotopic (exact) mass is 231 g/mol. The molecule has 2 aromatic rings. The van der Waals surface area contributed by atoms with Gasteiger partial charge < -0.3 is 4.74 Å². The van der Waals surface area contributed by atoms with Crippen molar-refractivity contribution < 1.29 is 4.74 Å². The highest BCUT2D eigenvalue weighted by Crippen LogP contribution is 2.13. The van der Waals surface area contributed by atoms with Crippen molar-refractivity contribution in [2.75, 3.05) is 7.11 Å². The number of rotatable bonds is 6. The lowest BCUT2D eigenvalue weighted by Gasteiger charge is -2.03. The smallest absolute Gasteiger partial charge is 0.118 e. The second kappa shape index (κ2) is 6.03. The summed E-state index contributed by atoms with van der Waals surface area (Å²) in [6.45, 7) is 0. The van der Waals surface area contributed by atoms with Gasteiger partial charge in [-0.25, -0.2) is 0 Å². The first-order chi connectivity index (χ1) is 8.38. The van der Waals surface area contributed by atoms with Crippen LogP contribution in [0.25, 0.3) is 0 Å². The summed E-state index contributed by atoms with van der Waals surface area (Å²) in [4.78, 5) is 0. The van der Waals surface area contributed by atoms with Gasteiger partial charge in [0.05, 0.1) is 19.0 Å². The Balaban J connectivity index is 1.70. The largest absolute Gasteiger partial charge is 0.497 e. The standard InChI is InChI=1S/C13H17N3O/c1-17-13-8-6-11(7-9-13)4-2-3-5-12-10-14-16-15-12/h6-10H,2-5H2,1H3,(H,14,15,16). The van der Waals surface area contributed by atoms with Crippen LogP contribution in [0.4, 0.5) is 0 Å². The third-order valence-electron chi connectivity index (χ3n) is 2.77. The number of ether oxygens (including phenoxy) is 1. The average Bonchev–Trinajstić information content (AvgIpc) is 2.88. The molecule has 17 heavy (non-hydrogen) atoms. The number of nitrogens with one attached hydrogen (secondary N) is 1. The molecule has 0 aliphatic carbocycles. The Hall–Kier alpha value is -1.84. The fourth-order valence-corrected chi connectivity index (χ4v) is 1.77. The maximum atomic E-state index is 5.13. The van der Waals surface area contributed by atoms with Gasteiger partial charge in [0, 0.05) is 0 Å². The second-order valence-corrected chi connectivity index (χ2v) is 4.02. The first-order valence-corrected chi connectivity index (χ1v) is 5.86. The van der Waals surface area contributed by atoms with Gasteiger partial charge in [0.1, 0.15) is 5.75 Å². The molecule has 2 rings (SSSR count). The molecule has 0 unspecified atom stereocenters. The number of H-pyrrole nitrogens is 1. The predicted molar refractivity (Wildman–Crippen MR) is 66.0 cm³/mol. The van der Waals surface area contributed by atoms with Gasteiger partial charge in [-0.2, -0.15) is 15.4 Å². The highest BCUT2D eigenvalue weighted by atomic mass is 16.5. The normalized spacial score (nSPS) is 10.4. The van der Waals surface area contributed by atoms with Crippen molar-refractivity contribution in [1.82, 2.24) is 15.4 Å². The van der Waals surface area contributed by atoms with Gasteiger partial charge >= 0.3 is 0 Å². The maximum absolute atomic E-state index is 5.13. The van der Waals surface area contributed by atoms with Crippen molar-refractivity contribution in [2.24, 2.45) is 0 Å². The molecule has 0 saturated heterocycles. The molecule has 0 saturated carbocycles.